The van der Waals surface area contributed by atoms with Crippen LogP contribution in [0, 0.1) is 5.92 Å². The van der Waals surface area contributed by atoms with Crippen LogP contribution in [0.1, 0.15) is 65.2 Å². The number of nitrogens with two attached hydrogens (primary N) is 5. The van der Waals surface area contributed by atoms with E-state index in [4.69, 9.17) is 38.9 Å². The first-order chi connectivity index (χ1) is 30.1. The summed E-state index contributed by atoms with van der Waals surface area (Å²) in [6.07, 6.45) is -0.519. The molecule has 27 nitrogen and oxygen atoms in total. The van der Waals surface area contributed by atoms with E-state index in [0.717, 1.165) is 0 Å². The molecule has 0 aromatic heterocycles. The Labute approximate surface area is 373 Å². The highest BCUT2D eigenvalue weighted by Crippen LogP contribution is 2.18. The molecule has 1 fully saturated rings. The number of guanidine groups is 1. The van der Waals surface area contributed by atoms with Crippen LogP contribution in [0.2, 0.25) is 0 Å². The van der Waals surface area contributed by atoms with Gasteiger partial charge >= 0.3 is 5.97 Å². The number of likely N-dealkylation sites (tertiary alicyclic amines) is 1. The predicted octanol–water partition coefficient (Wildman–Crippen LogP) is -7.79. The Balaban J connectivity index is 3.12. The number of carboxylic acids is 1. The third-order valence-corrected chi connectivity index (χ3v) is 10.2. The van der Waals surface area contributed by atoms with Gasteiger partial charge in [-0.05, 0) is 38.0 Å². The molecule has 1 heterocycles. The maximum Gasteiger partial charge on any atom is 0.305 e. The van der Waals surface area contributed by atoms with E-state index >= 15 is 0 Å². The number of carboxylic acid groups (broad SMARTS) is 1. The van der Waals surface area contributed by atoms with Gasteiger partial charge in [0.15, 0.2) is 5.96 Å². The van der Waals surface area contributed by atoms with Crippen LogP contribution in [-0.2, 0) is 52.7 Å². The van der Waals surface area contributed by atoms with Crippen molar-refractivity contribution in [3.63, 3.8) is 0 Å². The number of aliphatic hydroxyl groups excluding tert-OH is 1. The summed E-state index contributed by atoms with van der Waals surface area (Å²) in [4.78, 5) is 144. The second-order valence-corrected chi connectivity index (χ2v) is 15.1. The zero-order valence-corrected chi connectivity index (χ0v) is 36.5. The van der Waals surface area contributed by atoms with E-state index in [1.807, 2.05) is 0 Å². The molecule has 360 valence electrons. The molecule has 0 unspecified atom stereocenters. The molecule has 0 bridgehead atoms. The van der Waals surface area contributed by atoms with Crippen molar-refractivity contribution >= 4 is 83.6 Å². The average molecular weight is 931 g/mol. The summed E-state index contributed by atoms with van der Waals surface area (Å²) in [6.45, 7) is 1.38. The standard InChI is InChI=1S/C36H62N14O13S/c1-3-17(2)28(49-33(61)22(16-64)48-30(58)18(37)15-51)35(63)47-20(8-9-24(38)52)32(60)44-14-26(54)50-11-5-7-23(50)34(62)46-19(6-4-10-42-36(40)41)31(59)43-13-25(53)45-21(29(39)57)12-27(55)56/h17-23,28,51,64H,3-16,37H2,1-2H3,(H2,38,52)(H2,39,57)(H,43,59)(H,44,60)(H,45,53)(H,46,62)(H,47,63)(H,48,58)(H,49,61)(H,55,56)(H4,40,41,42)/t17-,18-,19-,20-,21-,22-,23-,28-/m0/s1. The van der Waals surface area contributed by atoms with E-state index in [2.05, 4.69) is 54.8 Å². The summed E-state index contributed by atoms with van der Waals surface area (Å²) < 4.78 is 0. The second kappa shape index (κ2) is 28.4. The van der Waals surface area contributed by atoms with E-state index < -0.39 is 139 Å². The SMILES string of the molecule is CC[C@H](C)[C@H](NC(=O)[C@H](CS)NC(=O)[C@@H](N)CO)C(=O)N[C@@H](CCC(N)=O)C(=O)NCC(=O)N1CCC[C@H]1C(=O)N[C@@H](CCCN=C(N)N)C(=O)NCC(=O)N[C@@H](CC(=O)O)C(N)=O. The molecular formula is C36H62N14O13S. The third kappa shape index (κ3) is 19.8. The fourth-order valence-corrected chi connectivity index (χ4v) is 6.28. The fraction of sp³-hybridized carbons (Fsp3) is 0.667. The van der Waals surface area contributed by atoms with Gasteiger partial charge in [-0.15, -0.1) is 0 Å². The minimum atomic E-state index is -1.56. The molecule has 0 spiro atoms. The smallest absolute Gasteiger partial charge is 0.305 e. The number of carbonyl (C=O) groups excluding carboxylic acids is 10. The van der Waals surface area contributed by atoms with E-state index in [-0.39, 0.29) is 56.9 Å². The van der Waals surface area contributed by atoms with Crippen LogP contribution in [0.25, 0.3) is 0 Å². The van der Waals surface area contributed by atoms with E-state index in [1.165, 1.54) is 4.90 Å². The topological polar surface area (TPSA) is 458 Å². The van der Waals surface area contributed by atoms with Crippen LogP contribution in [0.5, 0.6) is 0 Å². The number of rotatable bonds is 29. The highest BCUT2D eigenvalue weighted by atomic mass is 32.1. The van der Waals surface area contributed by atoms with E-state index in [1.54, 1.807) is 13.8 Å². The summed E-state index contributed by atoms with van der Waals surface area (Å²) >= 11 is 4.08. The molecule has 64 heavy (non-hydrogen) atoms. The van der Waals surface area contributed by atoms with E-state index in [9.17, 15) is 52.7 Å². The molecule has 1 aliphatic rings. The van der Waals surface area contributed by atoms with Gasteiger partial charge in [-0.1, -0.05) is 20.3 Å². The number of carbonyl (C=O) groups is 11. The van der Waals surface area contributed by atoms with Crippen LogP contribution < -0.4 is 65.9 Å². The molecule has 28 heteroatoms. The maximum atomic E-state index is 13.6. The summed E-state index contributed by atoms with van der Waals surface area (Å²) in [5.74, 6) is -11.1. The van der Waals surface area contributed by atoms with Crippen molar-refractivity contribution in [1.82, 2.24) is 42.1 Å². The average Bonchev–Trinajstić information content (AvgIpc) is 3.74. The Bertz CT molecular complexity index is 1730. The lowest BCUT2D eigenvalue weighted by Crippen LogP contribution is -2.60. The van der Waals surface area contributed by atoms with Crippen LogP contribution in [0.15, 0.2) is 4.99 Å². The van der Waals surface area contributed by atoms with Crippen molar-refractivity contribution < 1.29 is 63.0 Å². The summed E-state index contributed by atoms with van der Waals surface area (Å²) in [6, 6.07) is -9.30. The van der Waals surface area contributed by atoms with Crippen molar-refractivity contribution in [2.75, 3.05) is 38.5 Å². The number of nitrogens with zero attached hydrogens (tertiary/aromatic N) is 2. The first kappa shape index (κ1) is 55.7. The molecule has 0 aromatic rings. The number of aliphatic carboxylic acids is 1. The van der Waals surface area contributed by atoms with Crippen LogP contribution in [-0.4, -0.2) is 167 Å². The van der Waals surface area contributed by atoms with Crippen LogP contribution in [0.4, 0.5) is 0 Å². The number of nitrogens with one attached hydrogen (secondary N) is 7. The maximum absolute atomic E-state index is 13.6. The molecule has 19 N–H and O–H groups in total. The quantitative estimate of drug-likeness (QED) is 0.0143. The van der Waals surface area contributed by atoms with Gasteiger partial charge in [-0.2, -0.15) is 12.6 Å². The molecule has 1 rings (SSSR count). The Hall–Kier alpha value is -6.29. The van der Waals surface area contributed by atoms with Gasteiger partial charge in [0.2, 0.25) is 59.1 Å². The lowest BCUT2D eigenvalue weighted by atomic mass is 9.97. The molecule has 0 aliphatic carbocycles. The van der Waals surface area contributed by atoms with E-state index in [0.29, 0.717) is 12.8 Å². The van der Waals surface area contributed by atoms with Gasteiger partial charge in [0.25, 0.3) is 0 Å². The van der Waals surface area contributed by atoms with Crippen LogP contribution >= 0.6 is 12.6 Å². The number of thiol groups is 1. The zero-order chi connectivity index (χ0) is 48.7. The second-order valence-electron chi connectivity index (χ2n) is 14.8. The normalized spacial score (nSPS) is 16.5. The summed E-state index contributed by atoms with van der Waals surface area (Å²) in [5, 5.41) is 34.8. The Morgan fingerprint density at radius 1 is 0.781 bits per heavy atom. The van der Waals surface area contributed by atoms with Gasteiger partial charge < -0.3 is 81.0 Å². The minimum absolute atomic E-state index is 0.0530. The first-order valence-electron chi connectivity index (χ1n) is 20.2. The first-order valence-corrected chi connectivity index (χ1v) is 20.9. The molecular weight excluding hydrogens is 869 g/mol. The van der Waals surface area contributed by atoms with Crippen molar-refractivity contribution in [3.05, 3.63) is 0 Å². The zero-order valence-electron chi connectivity index (χ0n) is 35.6. The highest BCUT2D eigenvalue weighted by molar-refractivity contribution is 7.80. The molecule has 0 saturated carbocycles. The van der Waals surface area contributed by atoms with Gasteiger partial charge in [-0.3, -0.25) is 57.7 Å². The van der Waals surface area contributed by atoms with Crippen molar-refractivity contribution in [3.8, 4) is 0 Å². The van der Waals surface area contributed by atoms with Gasteiger partial charge in [0.05, 0.1) is 26.1 Å². The van der Waals surface area contributed by atoms with Crippen molar-refractivity contribution in [2.45, 2.75) is 108 Å². The fourth-order valence-electron chi connectivity index (χ4n) is 6.03. The molecule has 1 saturated heterocycles. The third-order valence-electron chi connectivity index (χ3n) is 9.80. The number of aliphatic imine (C=N–C) groups is 1. The number of hydrogen-bond donors (Lipinski definition) is 15. The highest BCUT2D eigenvalue weighted by Gasteiger charge is 2.37. The number of aliphatic hydroxyl groups is 1. The lowest BCUT2D eigenvalue weighted by molar-refractivity contribution is -0.140. The Kier molecular flexibility index (Phi) is 24.7. The molecule has 8 atom stereocenters. The monoisotopic (exact) mass is 930 g/mol. The van der Waals surface area contributed by atoms with Crippen molar-refractivity contribution in [2.24, 2.45) is 39.6 Å². The number of primary amides is 2. The largest absolute Gasteiger partial charge is 0.481 e. The molecule has 10 amide bonds. The molecule has 0 radical (unpaired) electrons. The van der Waals surface area contributed by atoms with Gasteiger partial charge in [0.1, 0.15) is 42.3 Å². The Morgan fingerprint density at radius 2 is 1.39 bits per heavy atom. The van der Waals surface area contributed by atoms with Gasteiger partial charge in [0, 0.05) is 25.3 Å². The van der Waals surface area contributed by atoms with Gasteiger partial charge in [-0.25, -0.2) is 0 Å². The molecule has 1 aliphatic heterocycles. The minimum Gasteiger partial charge on any atom is -0.481 e. The van der Waals surface area contributed by atoms with Crippen molar-refractivity contribution in [1.29, 1.82) is 0 Å². The summed E-state index contributed by atoms with van der Waals surface area (Å²) in [7, 11) is 0. The number of amides is 10. The molecule has 0 aromatic carbocycles. The number of hydrogen-bond acceptors (Lipinski definition) is 15. The lowest BCUT2D eigenvalue weighted by Gasteiger charge is -2.28. The van der Waals surface area contributed by atoms with Crippen LogP contribution in [0.3, 0.4) is 0 Å². The predicted molar refractivity (Wildman–Crippen MR) is 229 cm³/mol. The summed E-state index contributed by atoms with van der Waals surface area (Å²) in [5.41, 5.74) is 26.7. The Morgan fingerprint density at radius 3 is 1.94 bits per heavy atom.